The third-order valence-corrected chi connectivity index (χ3v) is 1.44. The predicted molar refractivity (Wildman–Crippen MR) is 31.9 cm³/mol. The Morgan fingerprint density at radius 3 is 2.00 bits per heavy atom. The lowest BCUT2D eigenvalue weighted by Crippen LogP contribution is -2.29. The molecule has 8 heavy (non-hydrogen) atoms. The lowest BCUT2D eigenvalue weighted by Gasteiger charge is -2.15. The Balaban J connectivity index is 3.91. The number of hydrogen-bond acceptors (Lipinski definition) is 2. The summed E-state index contributed by atoms with van der Waals surface area (Å²) in [5.41, 5.74) is -0.832. The van der Waals surface area contributed by atoms with E-state index in [0.717, 1.165) is 0 Å². The van der Waals surface area contributed by atoms with E-state index in [1.165, 1.54) is 7.11 Å². The third kappa shape index (κ3) is 1.80. The maximum absolute atomic E-state index is 10.3. The van der Waals surface area contributed by atoms with Crippen molar-refractivity contribution in [3.05, 3.63) is 0 Å². The van der Waals surface area contributed by atoms with Gasteiger partial charge in [-0.1, -0.05) is 0 Å². The molecule has 0 heterocycles. The Morgan fingerprint density at radius 1 is 1.62 bits per heavy atom. The minimum atomic E-state index is -0.832. The van der Waals surface area contributed by atoms with E-state index >= 15 is 0 Å². The van der Waals surface area contributed by atoms with E-state index in [4.69, 9.17) is 16.3 Å². The molecule has 0 atom stereocenters. The summed E-state index contributed by atoms with van der Waals surface area (Å²) in [4.78, 5) is 10.3. The molecule has 0 saturated carbocycles. The fraction of sp³-hybridized carbons (Fsp3) is 0.800. The second-order valence-corrected chi connectivity index (χ2v) is 2.33. The van der Waals surface area contributed by atoms with Crippen LogP contribution in [0.25, 0.3) is 0 Å². The number of halogens is 1. The lowest BCUT2D eigenvalue weighted by atomic mass is 10.2. The van der Waals surface area contributed by atoms with Gasteiger partial charge in [0.2, 0.25) is 0 Å². The van der Waals surface area contributed by atoms with E-state index in [2.05, 4.69) is 0 Å². The van der Waals surface area contributed by atoms with Crippen molar-refractivity contribution in [3.8, 4) is 0 Å². The van der Waals surface area contributed by atoms with Crippen molar-refractivity contribution in [2.45, 2.75) is 19.4 Å². The van der Waals surface area contributed by atoms with Gasteiger partial charge in [-0.2, -0.15) is 0 Å². The van der Waals surface area contributed by atoms with Gasteiger partial charge < -0.3 is 4.74 Å². The molecule has 0 saturated heterocycles. The molecule has 0 unspecified atom stereocenters. The first-order valence-corrected chi connectivity index (χ1v) is 2.63. The Kier molecular flexibility index (Phi) is 2.44. The number of carbonyl (C=O) groups is 1. The van der Waals surface area contributed by atoms with Gasteiger partial charge in [0.25, 0.3) is 5.24 Å². The molecule has 0 radical (unpaired) electrons. The van der Waals surface area contributed by atoms with E-state index in [1.54, 1.807) is 13.8 Å². The van der Waals surface area contributed by atoms with Crippen LogP contribution in [0.4, 0.5) is 0 Å². The number of hydrogen-bond donors (Lipinski definition) is 0. The monoisotopic (exact) mass is 136 g/mol. The number of carbonyl (C=O) groups excluding carboxylic acids is 1. The largest absolute Gasteiger partial charge is 0.370 e. The van der Waals surface area contributed by atoms with Gasteiger partial charge in [0.15, 0.2) is 0 Å². The van der Waals surface area contributed by atoms with E-state index < -0.39 is 10.8 Å². The molecule has 0 aromatic rings. The zero-order chi connectivity index (χ0) is 6.78. The van der Waals surface area contributed by atoms with Crippen LogP contribution in [0.1, 0.15) is 13.8 Å². The van der Waals surface area contributed by atoms with E-state index in [1.807, 2.05) is 0 Å². The normalized spacial score (nSPS) is 11.5. The second kappa shape index (κ2) is 2.46. The molecule has 0 spiro atoms. The molecule has 0 N–H and O–H groups in total. The highest BCUT2D eigenvalue weighted by atomic mass is 35.5. The first kappa shape index (κ1) is 7.92. The van der Waals surface area contributed by atoms with Gasteiger partial charge >= 0.3 is 0 Å². The van der Waals surface area contributed by atoms with Crippen LogP contribution in [0.15, 0.2) is 0 Å². The first-order chi connectivity index (χ1) is 3.50. The van der Waals surface area contributed by atoms with Crippen LogP contribution >= 0.6 is 11.6 Å². The highest BCUT2D eigenvalue weighted by Gasteiger charge is 2.24. The van der Waals surface area contributed by atoms with Crippen molar-refractivity contribution >= 4 is 16.8 Å². The second-order valence-electron chi connectivity index (χ2n) is 1.99. The molecule has 0 amide bonds. The average molecular weight is 137 g/mol. The molecule has 0 aliphatic heterocycles. The highest BCUT2D eigenvalue weighted by Crippen LogP contribution is 2.10. The van der Waals surface area contributed by atoms with Gasteiger partial charge in [-0.15, -0.1) is 0 Å². The molecule has 0 aromatic carbocycles. The zero-order valence-electron chi connectivity index (χ0n) is 5.19. The van der Waals surface area contributed by atoms with Gasteiger partial charge in [-0.3, -0.25) is 4.79 Å². The maximum Gasteiger partial charge on any atom is 0.252 e. The molecule has 3 heteroatoms. The number of ether oxygens (including phenoxy) is 1. The van der Waals surface area contributed by atoms with Gasteiger partial charge in [0, 0.05) is 7.11 Å². The predicted octanol–water partition coefficient (Wildman–Crippen LogP) is 1.18. The van der Waals surface area contributed by atoms with Crippen LogP contribution in [0.3, 0.4) is 0 Å². The summed E-state index contributed by atoms with van der Waals surface area (Å²) in [6.07, 6.45) is 0. The minimum absolute atomic E-state index is 0.472. The molecular weight excluding hydrogens is 128 g/mol. The summed E-state index contributed by atoms with van der Waals surface area (Å²) in [5.74, 6) is 0. The molecule has 0 rings (SSSR count). The maximum atomic E-state index is 10.3. The van der Waals surface area contributed by atoms with Gasteiger partial charge in [-0.05, 0) is 25.4 Å². The van der Waals surface area contributed by atoms with Crippen LogP contribution < -0.4 is 0 Å². The SMILES string of the molecule is COC(C)(C)C(=O)Cl. The molecule has 0 bridgehead atoms. The van der Waals surface area contributed by atoms with Gasteiger partial charge in [0.05, 0.1) is 0 Å². The molecular formula is C5H9ClO2. The lowest BCUT2D eigenvalue weighted by molar-refractivity contribution is -0.128. The molecule has 0 aromatic heterocycles. The quantitative estimate of drug-likeness (QED) is 0.533. The van der Waals surface area contributed by atoms with Gasteiger partial charge in [0.1, 0.15) is 5.60 Å². The number of methoxy groups -OCH3 is 1. The van der Waals surface area contributed by atoms with Crippen molar-refractivity contribution in [2.24, 2.45) is 0 Å². The Morgan fingerprint density at radius 2 is 2.00 bits per heavy atom. The van der Waals surface area contributed by atoms with E-state index in [0.29, 0.717) is 0 Å². The summed E-state index contributed by atoms with van der Waals surface area (Å²) in [6.45, 7) is 3.23. The van der Waals surface area contributed by atoms with Crippen molar-refractivity contribution in [1.29, 1.82) is 0 Å². The van der Waals surface area contributed by atoms with Gasteiger partial charge in [-0.25, -0.2) is 0 Å². The fourth-order valence-electron chi connectivity index (χ4n) is 0.0802. The average Bonchev–Trinajstić information content (AvgIpc) is 1.67. The Labute approximate surface area is 53.8 Å². The first-order valence-electron chi connectivity index (χ1n) is 2.26. The van der Waals surface area contributed by atoms with Crippen molar-refractivity contribution in [3.63, 3.8) is 0 Å². The van der Waals surface area contributed by atoms with Crippen LogP contribution in [-0.4, -0.2) is 18.0 Å². The van der Waals surface area contributed by atoms with Crippen LogP contribution in [-0.2, 0) is 9.53 Å². The number of rotatable bonds is 2. The molecule has 0 aliphatic rings. The van der Waals surface area contributed by atoms with E-state index in [-0.39, 0.29) is 0 Å². The summed E-state index contributed by atoms with van der Waals surface area (Å²) in [5, 5.41) is -0.472. The molecule has 2 nitrogen and oxygen atoms in total. The molecule has 48 valence electrons. The van der Waals surface area contributed by atoms with E-state index in [9.17, 15) is 4.79 Å². The van der Waals surface area contributed by atoms with Crippen LogP contribution in [0.2, 0.25) is 0 Å². The molecule has 0 fully saturated rings. The summed E-state index contributed by atoms with van der Waals surface area (Å²) >= 11 is 5.11. The van der Waals surface area contributed by atoms with Crippen molar-refractivity contribution in [1.82, 2.24) is 0 Å². The molecule has 0 aliphatic carbocycles. The highest BCUT2D eigenvalue weighted by molar-refractivity contribution is 6.65. The van der Waals surface area contributed by atoms with Crippen LogP contribution in [0.5, 0.6) is 0 Å². The summed E-state index contributed by atoms with van der Waals surface area (Å²) in [6, 6.07) is 0. The minimum Gasteiger partial charge on any atom is -0.370 e. The summed E-state index contributed by atoms with van der Waals surface area (Å²) < 4.78 is 4.72. The topological polar surface area (TPSA) is 26.3 Å². The van der Waals surface area contributed by atoms with Crippen LogP contribution in [0, 0.1) is 0 Å². The van der Waals surface area contributed by atoms with Crippen molar-refractivity contribution in [2.75, 3.05) is 7.11 Å². The Bertz CT molecular complexity index is 98.6. The standard InChI is InChI=1S/C5H9ClO2/c1-5(2,8-3)4(6)7/h1-3H3. The Hall–Kier alpha value is -0.0800. The van der Waals surface area contributed by atoms with Crippen molar-refractivity contribution < 1.29 is 9.53 Å². The third-order valence-electron chi connectivity index (χ3n) is 0.984. The summed E-state index contributed by atoms with van der Waals surface area (Å²) in [7, 11) is 1.44. The zero-order valence-corrected chi connectivity index (χ0v) is 5.95. The smallest absolute Gasteiger partial charge is 0.252 e. The fourth-order valence-corrected chi connectivity index (χ4v) is 0.157.